The van der Waals surface area contributed by atoms with Gasteiger partial charge in [0, 0.05) is 20.4 Å². The molecule has 0 fully saturated rings. The van der Waals surface area contributed by atoms with Gasteiger partial charge in [0.1, 0.15) is 0 Å². The zero-order valence-corrected chi connectivity index (χ0v) is 18.7. The molecule has 0 saturated carbocycles. The Labute approximate surface area is 173 Å². The SMILES string of the molecule is CC(C)(C)CCCCCC(=O)[O-].CC(C)(C)CCCCCC(=O)[O-].[B].[Co+2]. The van der Waals surface area contributed by atoms with Gasteiger partial charge in [-0.25, -0.2) is 0 Å². The smallest absolute Gasteiger partial charge is 0.550 e. The average Bonchev–Trinajstić information content (AvgIpc) is 2.35. The molecule has 0 heterocycles. The zero-order chi connectivity index (χ0) is 19.2. The van der Waals surface area contributed by atoms with Crippen LogP contribution in [0, 0.1) is 10.8 Å². The molecule has 0 N–H and O–H groups in total. The first kappa shape index (κ1) is 33.1. The molecule has 0 rings (SSSR count). The number of hydrogen-bond acceptors (Lipinski definition) is 4. The van der Waals surface area contributed by atoms with E-state index in [1.807, 2.05) is 0 Å². The van der Waals surface area contributed by atoms with E-state index >= 15 is 0 Å². The second kappa shape index (κ2) is 17.9. The molecule has 0 amide bonds. The fourth-order valence-electron chi connectivity index (χ4n) is 2.20. The summed E-state index contributed by atoms with van der Waals surface area (Å²) in [7, 11) is 0. The van der Waals surface area contributed by atoms with Crippen molar-refractivity contribution in [2.45, 2.75) is 106 Å². The first-order valence-electron chi connectivity index (χ1n) is 9.23. The summed E-state index contributed by atoms with van der Waals surface area (Å²) in [5, 5.41) is 20.1. The van der Waals surface area contributed by atoms with Crippen LogP contribution in [-0.2, 0) is 26.4 Å². The van der Waals surface area contributed by atoms with E-state index in [9.17, 15) is 19.8 Å². The van der Waals surface area contributed by atoms with E-state index in [1.165, 1.54) is 12.8 Å². The zero-order valence-electron chi connectivity index (χ0n) is 17.6. The van der Waals surface area contributed by atoms with Crippen molar-refractivity contribution in [2.24, 2.45) is 10.8 Å². The molecule has 0 atom stereocenters. The second-order valence-electron chi connectivity index (χ2n) is 8.99. The second-order valence-corrected chi connectivity index (χ2v) is 8.99. The number of unbranched alkanes of at least 4 members (excludes halogenated alkanes) is 4. The predicted molar refractivity (Wildman–Crippen MR) is 101 cm³/mol. The van der Waals surface area contributed by atoms with Crippen molar-refractivity contribution in [3.63, 3.8) is 0 Å². The Balaban J connectivity index is -0.000000173. The number of aliphatic carboxylic acids is 2. The van der Waals surface area contributed by atoms with Gasteiger partial charge in [-0.3, -0.25) is 0 Å². The minimum absolute atomic E-state index is 0. The predicted octanol–water partition coefficient (Wildman–Crippen LogP) is 3.08. The Morgan fingerprint density at radius 2 is 0.885 bits per heavy atom. The van der Waals surface area contributed by atoms with Crippen LogP contribution in [0.15, 0.2) is 0 Å². The molecule has 0 aliphatic heterocycles. The van der Waals surface area contributed by atoms with Crippen molar-refractivity contribution < 1.29 is 36.6 Å². The van der Waals surface area contributed by atoms with E-state index in [0.29, 0.717) is 10.8 Å². The van der Waals surface area contributed by atoms with Crippen LogP contribution in [0.1, 0.15) is 106 Å². The van der Waals surface area contributed by atoms with Crippen LogP contribution < -0.4 is 10.2 Å². The molecule has 0 spiro atoms. The van der Waals surface area contributed by atoms with Gasteiger partial charge in [-0.15, -0.1) is 0 Å². The molecular formula is C20H38BCoO4. The van der Waals surface area contributed by atoms with E-state index in [1.54, 1.807) is 0 Å². The fraction of sp³-hybridized carbons (Fsp3) is 0.900. The molecule has 4 radical (unpaired) electrons. The number of carbonyl (C=O) groups is 2. The monoisotopic (exact) mass is 412 g/mol. The third-order valence-electron chi connectivity index (χ3n) is 3.62. The summed E-state index contributed by atoms with van der Waals surface area (Å²) in [5.74, 6) is -1.85. The van der Waals surface area contributed by atoms with Gasteiger partial charge in [0.05, 0.1) is 0 Å². The van der Waals surface area contributed by atoms with Gasteiger partial charge < -0.3 is 19.8 Å². The third kappa shape index (κ3) is 38.9. The summed E-state index contributed by atoms with van der Waals surface area (Å²) >= 11 is 0. The first-order valence-corrected chi connectivity index (χ1v) is 9.23. The standard InChI is InChI=1S/2C10H20O2.B.Co/c2*1-10(2,3)8-6-4-5-7-9(11)12;;/h2*4-8H2,1-3H3,(H,11,12);;/q;;;+2/p-2. The third-order valence-corrected chi connectivity index (χ3v) is 3.62. The van der Waals surface area contributed by atoms with Crippen LogP contribution in [0.2, 0.25) is 0 Å². The van der Waals surface area contributed by atoms with Gasteiger partial charge in [-0.05, 0) is 49.4 Å². The quantitative estimate of drug-likeness (QED) is 0.408. The van der Waals surface area contributed by atoms with Crippen molar-refractivity contribution >= 4 is 20.4 Å². The Kier molecular flexibility index (Phi) is 22.8. The van der Waals surface area contributed by atoms with E-state index < -0.39 is 11.9 Å². The maximum absolute atomic E-state index is 10.0. The molecule has 0 aromatic heterocycles. The molecule has 0 unspecified atom stereocenters. The van der Waals surface area contributed by atoms with E-state index in [-0.39, 0.29) is 38.0 Å². The Hall–Kier alpha value is -0.489. The Bertz CT molecular complexity index is 313. The number of rotatable bonds is 10. The Morgan fingerprint density at radius 3 is 1.08 bits per heavy atom. The molecule has 4 nitrogen and oxygen atoms in total. The molecule has 0 aliphatic carbocycles. The number of carboxylic acid groups (broad SMARTS) is 2. The molecule has 0 aliphatic rings. The van der Waals surface area contributed by atoms with Crippen molar-refractivity contribution in [1.29, 1.82) is 0 Å². The molecule has 154 valence electrons. The van der Waals surface area contributed by atoms with Gasteiger partial charge in [0.2, 0.25) is 0 Å². The molecule has 26 heavy (non-hydrogen) atoms. The Morgan fingerprint density at radius 1 is 0.615 bits per heavy atom. The number of carbonyl (C=O) groups excluding carboxylic acids is 2. The van der Waals surface area contributed by atoms with Gasteiger partial charge in [-0.2, -0.15) is 0 Å². The average molecular weight is 412 g/mol. The van der Waals surface area contributed by atoms with E-state index in [0.717, 1.165) is 38.5 Å². The van der Waals surface area contributed by atoms with Crippen molar-refractivity contribution in [2.75, 3.05) is 0 Å². The minimum Gasteiger partial charge on any atom is -0.550 e. The number of carboxylic acids is 2. The van der Waals surface area contributed by atoms with Gasteiger partial charge >= 0.3 is 16.8 Å². The summed E-state index contributed by atoms with van der Waals surface area (Å²) in [6.07, 6.45) is 8.54. The van der Waals surface area contributed by atoms with Crippen LogP contribution in [0.3, 0.4) is 0 Å². The normalized spacial score (nSPS) is 10.7. The summed E-state index contributed by atoms with van der Waals surface area (Å²) in [6, 6.07) is 0. The maximum atomic E-state index is 10.0. The molecule has 0 aromatic rings. The molecule has 6 heteroatoms. The van der Waals surface area contributed by atoms with E-state index in [2.05, 4.69) is 41.5 Å². The molecule has 0 bridgehead atoms. The van der Waals surface area contributed by atoms with Crippen LogP contribution in [0.4, 0.5) is 0 Å². The van der Waals surface area contributed by atoms with Gasteiger partial charge in [0.15, 0.2) is 0 Å². The molecule has 0 aromatic carbocycles. The van der Waals surface area contributed by atoms with Gasteiger partial charge in [0.25, 0.3) is 0 Å². The van der Waals surface area contributed by atoms with Crippen LogP contribution in [0.25, 0.3) is 0 Å². The fourth-order valence-corrected chi connectivity index (χ4v) is 2.20. The van der Waals surface area contributed by atoms with Crippen molar-refractivity contribution in [1.82, 2.24) is 0 Å². The number of hydrogen-bond donors (Lipinski definition) is 0. The summed E-state index contributed by atoms with van der Waals surface area (Å²) < 4.78 is 0. The maximum Gasteiger partial charge on any atom is 2.00 e. The topological polar surface area (TPSA) is 80.3 Å². The van der Waals surface area contributed by atoms with Crippen LogP contribution >= 0.6 is 0 Å². The van der Waals surface area contributed by atoms with Crippen LogP contribution in [0.5, 0.6) is 0 Å². The van der Waals surface area contributed by atoms with Crippen molar-refractivity contribution in [3.05, 3.63) is 0 Å². The van der Waals surface area contributed by atoms with Crippen LogP contribution in [-0.4, -0.2) is 20.4 Å². The van der Waals surface area contributed by atoms with Crippen molar-refractivity contribution in [3.8, 4) is 0 Å². The van der Waals surface area contributed by atoms with E-state index in [4.69, 9.17) is 0 Å². The summed E-state index contributed by atoms with van der Waals surface area (Å²) in [4.78, 5) is 20.1. The summed E-state index contributed by atoms with van der Waals surface area (Å²) in [6.45, 7) is 13.2. The molecule has 0 saturated heterocycles. The largest absolute Gasteiger partial charge is 2.00 e. The molecular weight excluding hydrogens is 374 g/mol. The summed E-state index contributed by atoms with van der Waals surface area (Å²) in [5.41, 5.74) is 0.753. The van der Waals surface area contributed by atoms with Gasteiger partial charge in [-0.1, -0.05) is 67.2 Å². The minimum atomic E-state index is -0.925. The first-order chi connectivity index (χ1) is 10.8.